The first-order valence-electron chi connectivity index (χ1n) is 5.18. The van der Waals surface area contributed by atoms with Gasteiger partial charge in [-0.05, 0) is 31.2 Å². The van der Waals surface area contributed by atoms with Crippen molar-refractivity contribution in [2.75, 3.05) is 0 Å². The Kier molecular flexibility index (Phi) is 3.32. The van der Waals surface area contributed by atoms with Gasteiger partial charge in [0.25, 0.3) is 0 Å². The zero-order chi connectivity index (χ0) is 10.8. The second-order valence-corrected chi connectivity index (χ2v) is 4.68. The minimum absolute atomic E-state index is 0.0736. The van der Waals surface area contributed by atoms with E-state index >= 15 is 0 Å². The Hall–Kier alpha value is -0.830. The molecule has 0 fully saturated rings. The van der Waals surface area contributed by atoms with Crippen LogP contribution < -0.4 is 5.73 Å². The molecule has 0 saturated carbocycles. The molecule has 0 spiro atoms. The standard InChI is InChI=1S/C11H21N3/c1-9(2)11(3,12)6-5-10-7-13-14(4)8-10/h7-9H,5-6,12H2,1-4H3. The van der Waals surface area contributed by atoms with Crippen LogP contribution in [0.1, 0.15) is 32.8 Å². The van der Waals surface area contributed by atoms with E-state index in [4.69, 9.17) is 5.73 Å². The lowest BCUT2D eigenvalue weighted by Gasteiger charge is -2.28. The van der Waals surface area contributed by atoms with Crippen LogP contribution in [0.2, 0.25) is 0 Å². The minimum atomic E-state index is -0.0736. The smallest absolute Gasteiger partial charge is 0.0521 e. The van der Waals surface area contributed by atoms with E-state index < -0.39 is 0 Å². The Bertz CT molecular complexity index is 286. The molecule has 0 aromatic carbocycles. The summed E-state index contributed by atoms with van der Waals surface area (Å²) in [5, 5.41) is 4.14. The predicted molar refractivity (Wildman–Crippen MR) is 59.0 cm³/mol. The van der Waals surface area contributed by atoms with E-state index in [0.717, 1.165) is 12.8 Å². The van der Waals surface area contributed by atoms with Gasteiger partial charge in [-0.25, -0.2) is 0 Å². The van der Waals surface area contributed by atoms with E-state index in [-0.39, 0.29) is 5.54 Å². The average molecular weight is 195 g/mol. The van der Waals surface area contributed by atoms with Crippen LogP contribution in [0.15, 0.2) is 12.4 Å². The Morgan fingerprint density at radius 1 is 1.57 bits per heavy atom. The van der Waals surface area contributed by atoms with Crippen molar-refractivity contribution in [3.8, 4) is 0 Å². The number of hydrogen-bond acceptors (Lipinski definition) is 2. The lowest BCUT2D eigenvalue weighted by Crippen LogP contribution is -2.42. The normalized spacial score (nSPS) is 15.9. The summed E-state index contributed by atoms with van der Waals surface area (Å²) in [6.45, 7) is 6.46. The maximum absolute atomic E-state index is 6.19. The van der Waals surface area contributed by atoms with Crippen LogP contribution in [-0.2, 0) is 13.5 Å². The van der Waals surface area contributed by atoms with Gasteiger partial charge in [0.05, 0.1) is 6.20 Å². The van der Waals surface area contributed by atoms with Crippen molar-refractivity contribution in [1.29, 1.82) is 0 Å². The van der Waals surface area contributed by atoms with E-state index in [9.17, 15) is 0 Å². The summed E-state index contributed by atoms with van der Waals surface area (Å²) in [7, 11) is 1.94. The van der Waals surface area contributed by atoms with Gasteiger partial charge in [-0.3, -0.25) is 4.68 Å². The van der Waals surface area contributed by atoms with Crippen molar-refractivity contribution in [2.24, 2.45) is 18.7 Å². The molecule has 1 aromatic rings. The van der Waals surface area contributed by atoms with Crippen LogP contribution in [0, 0.1) is 5.92 Å². The lowest BCUT2D eigenvalue weighted by atomic mass is 9.84. The first-order valence-corrected chi connectivity index (χ1v) is 5.18. The third-order valence-corrected chi connectivity index (χ3v) is 3.03. The van der Waals surface area contributed by atoms with Crippen molar-refractivity contribution in [3.63, 3.8) is 0 Å². The van der Waals surface area contributed by atoms with Crippen LogP contribution in [-0.4, -0.2) is 15.3 Å². The monoisotopic (exact) mass is 195 g/mol. The molecule has 0 aliphatic carbocycles. The number of aromatic nitrogens is 2. The molecule has 1 rings (SSSR count). The molecule has 0 radical (unpaired) electrons. The molecule has 0 aliphatic rings. The van der Waals surface area contributed by atoms with Crippen molar-refractivity contribution >= 4 is 0 Å². The van der Waals surface area contributed by atoms with Gasteiger partial charge in [0, 0.05) is 18.8 Å². The highest BCUT2D eigenvalue weighted by atomic mass is 15.2. The van der Waals surface area contributed by atoms with Gasteiger partial charge in [0.2, 0.25) is 0 Å². The Morgan fingerprint density at radius 2 is 2.21 bits per heavy atom. The van der Waals surface area contributed by atoms with Gasteiger partial charge in [0.15, 0.2) is 0 Å². The predicted octanol–water partition coefficient (Wildman–Crippen LogP) is 1.73. The van der Waals surface area contributed by atoms with Crippen molar-refractivity contribution in [1.82, 2.24) is 9.78 Å². The summed E-state index contributed by atoms with van der Waals surface area (Å²) in [6.07, 6.45) is 5.99. The largest absolute Gasteiger partial charge is 0.325 e. The first kappa shape index (κ1) is 11.2. The summed E-state index contributed by atoms with van der Waals surface area (Å²) in [5.41, 5.74) is 7.38. The highest BCUT2D eigenvalue weighted by Gasteiger charge is 2.22. The summed E-state index contributed by atoms with van der Waals surface area (Å²) in [6, 6.07) is 0. The fourth-order valence-corrected chi connectivity index (χ4v) is 1.30. The molecule has 1 atom stereocenters. The molecule has 0 bridgehead atoms. The van der Waals surface area contributed by atoms with E-state index in [0.29, 0.717) is 5.92 Å². The Balaban J connectivity index is 2.48. The van der Waals surface area contributed by atoms with Gasteiger partial charge >= 0.3 is 0 Å². The minimum Gasteiger partial charge on any atom is -0.325 e. The maximum Gasteiger partial charge on any atom is 0.0521 e. The fraction of sp³-hybridized carbons (Fsp3) is 0.727. The van der Waals surface area contributed by atoms with Crippen molar-refractivity contribution < 1.29 is 0 Å². The first-order chi connectivity index (χ1) is 6.42. The highest BCUT2D eigenvalue weighted by Crippen LogP contribution is 2.19. The molecule has 0 saturated heterocycles. The molecular formula is C11H21N3. The highest BCUT2D eigenvalue weighted by molar-refractivity contribution is 5.05. The number of hydrogen-bond donors (Lipinski definition) is 1. The molecular weight excluding hydrogens is 174 g/mol. The second kappa shape index (κ2) is 4.13. The summed E-state index contributed by atoms with van der Waals surface area (Å²) < 4.78 is 1.83. The van der Waals surface area contributed by atoms with Crippen molar-refractivity contribution in [2.45, 2.75) is 39.2 Å². The second-order valence-electron chi connectivity index (χ2n) is 4.68. The Morgan fingerprint density at radius 3 is 2.64 bits per heavy atom. The molecule has 3 heteroatoms. The topological polar surface area (TPSA) is 43.8 Å². The van der Waals surface area contributed by atoms with Crippen molar-refractivity contribution in [3.05, 3.63) is 18.0 Å². The summed E-state index contributed by atoms with van der Waals surface area (Å²) >= 11 is 0. The average Bonchev–Trinajstić information content (AvgIpc) is 2.48. The quantitative estimate of drug-likeness (QED) is 0.795. The van der Waals surface area contributed by atoms with E-state index in [1.807, 2.05) is 17.9 Å². The molecule has 14 heavy (non-hydrogen) atoms. The van der Waals surface area contributed by atoms with Gasteiger partial charge in [-0.15, -0.1) is 0 Å². The number of nitrogens with zero attached hydrogens (tertiary/aromatic N) is 2. The molecule has 1 aromatic heterocycles. The number of aryl methyl sites for hydroxylation is 2. The molecule has 3 nitrogen and oxygen atoms in total. The maximum atomic E-state index is 6.19. The third-order valence-electron chi connectivity index (χ3n) is 3.03. The molecule has 80 valence electrons. The van der Waals surface area contributed by atoms with Gasteiger partial charge in [-0.1, -0.05) is 13.8 Å². The number of nitrogens with two attached hydrogens (primary N) is 1. The number of rotatable bonds is 4. The van der Waals surface area contributed by atoms with Gasteiger partial charge in [-0.2, -0.15) is 5.10 Å². The zero-order valence-electron chi connectivity index (χ0n) is 9.62. The summed E-state index contributed by atoms with van der Waals surface area (Å²) in [5.74, 6) is 0.513. The van der Waals surface area contributed by atoms with Crippen LogP contribution in [0.5, 0.6) is 0 Å². The SMILES string of the molecule is CC(C)C(C)(N)CCc1cnn(C)c1. The molecule has 1 heterocycles. The van der Waals surface area contributed by atoms with E-state index in [1.165, 1.54) is 5.56 Å². The molecule has 0 amide bonds. The fourth-order valence-electron chi connectivity index (χ4n) is 1.30. The molecule has 1 unspecified atom stereocenters. The summed E-state index contributed by atoms with van der Waals surface area (Å²) in [4.78, 5) is 0. The van der Waals surface area contributed by atoms with Crippen LogP contribution in [0.25, 0.3) is 0 Å². The third kappa shape index (κ3) is 2.84. The van der Waals surface area contributed by atoms with Crippen LogP contribution >= 0.6 is 0 Å². The van der Waals surface area contributed by atoms with E-state index in [2.05, 4.69) is 32.1 Å². The molecule has 2 N–H and O–H groups in total. The van der Waals surface area contributed by atoms with Gasteiger partial charge < -0.3 is 5.73 Å². The lowest BCUT2D eigenvalue weighted by molar-refractivity contribution is 0.317. The van der Waals surface area contributed by atoms with Crippen LogP contribution in [0.3, 0.4) is 0 Å². The van der Waals surface area contributed by atoms with E-state index in [1.54, 1.807) is 0 Å². The Labute approximate surface area is 86.3 Å². The molecule has 0 aliphatic heterocycles. The van der Waals surface area contributed by atoms with Crippen LogP contribution in [0.4, 0.5) is 0 Å². The zero-order valence-corrected chi connectivity index (χ0v) is 9.62. The van der Waals surface area contributed by atoms with Gasteiger partial charge in [0.1, 0.15) is 0 Å².